The summed E-state index contributed by atoms with van der Waals surface area (Å²) in [6.45, 7) is 0. The summed E-state index contributed by atoms with van der Waals surface area (Å²) in [6.07, 6.45) is 5.01. The van der Waals surface area contributed by atoms with E-state index < -0.39 is 11.7 Å². The Labute approximate surface area is 125 Å². The molecule has 21 heavy (non-hydrogen) atoms. The lowest BCUT2D eigenvalue weighted by Crippen LogP contribution is -2.31. The summed E-state index contributed by atoms with van der Waals surface area (Å²) in [7, 11) is 1.78. The van der Waals surface area contributed by atoms with Gasteiger partial charge < -0.3 is 5.32 Å². The molecule has 1 aliphatic heterocycles. The summed E-state index contributed by atoms with van der Waals surface area (Å²) < 4.78 is 15.5. The molecule has 5 nitrogen and oxygen atoms in total. The van der Waals surface area contributed by atoms with Gasteiger partial charge in [-0.05, 0) is 30.4 Å². The van der Waals surface area contributed by atoms with Gasteiger partial charge in [-0.1, -0.05) is 12.1 Å². The number of aryl methyl sites for hydroxylation is 1. The van der Waals surface area contributed by atoms with Crippen LogP contribution in [0.4, 0.5) is 10.1 Å². The lowest BCUT2D eigenvalue weighted by molar-refractivity contribution is -0.113. The summed E-state index contributed by atoms with van der Waals surface area (Å²) in [5.41, 5.74) is 1.18. The van der Waals surface area contributed by atoms with Crippen LogP contribution in [0.25, 0.3) is 6.08 Å². The standard InChI is InChI=1S/C14H11FN4OS/c1-18-8-9(7-16-18)6-11-13(20)19(14(21)17-11)12-5-3-2-4-10(12)15/h2-8H,1H3,(H,17,21)/b11-6+. The Bertz CT molecular complexity index is 768. The predicted octanol–water partition coefficient (Wildman–Crippen LogP) is 1.82. The van der Waals surface area contributed by atoms with Crippen LogP contribution < -0.4 is 10.2 Å². The Balaban J connectivity index is 1.96. The highest BCUT2D eigenvalue weighted by Gasteiger charge is 2.33. The number of nitrogens with zero attached hydrogens (tertiary/aromatic N) is 3. The first-order chi connectivity index (χ1) is 10.1. The van der Waals surface area contributed by atoms with E-state index in [9.17, 15) is 9.18 Å². The Morgan fingerprint density at radius 3 is 2.81 bits per heavy atom. The van der Waals surface area contributed by atoms with Crippen molar-refractivity contribution in [3.63, 3.8) is 0 Å². The molecule has 1 saturated heterocycles. The summed E-state index contributed by atoms with van der Waals surface area (Å²) in [4.78, 5) is 13.5. The number of amides is 1. The number of rotatable bonds is 2. The molecule has 1 aliphatic rings. The lowest BCUT2D eigenvalue weighted by atomic mass is 10.2. The first kappa shape index (κ1) is 13.4. The number of carbonyl (C=O) groups is 1. The van der Waals surface area contributed by atoms with Crippen molar-refractivity contribution < 1.29 is 9.18 Å². The molecule has 2 aromatic rings. The first-order valence-electron chi connectivity index (χ1n) is 6.16. The van der Waals surface area contributed by atoms with Crippen molar-refractivity contribution in [2.24, 2.45) is 7.05 Å². The molecule has 106 valence electrons. The molecule has 1 aromatic carbocycles. The smallest absolute Gasteiger partial charge is 0.281 e. The fourth-order valence-electron chi connectivity index (χ4n) is 2.07. The highest BCUT2D eigenvalue weighted by Crippen LogP contribution is 2.24. The maximum Gasteiger partial charge on any atom is 0.281 e. The van der Waals surface area contributed by atoms with E-state index >= 15 is 0 Å². The van der Waals surface area contributed by atoms with Crippen molar-refractivity contribution in [3.8, 4) is 0 Å². The number of hydrogen-bond donors (Lipinski definition) is 1. The van der Waals surface area contributed by atoms with E-state index in [0.717, 1.165) is 10.5 Å². The number of para-hydroxylation sites is 1. The molecular weight excluding hydrogens is 291 g/mol. The van der Waals surface area contributed by atoms with Gasteiger partial charge in [-0.3, -0.25) is 9.48 Å². The van der Waals surface area contributed by atoms with E-state index in [1.54, 1.807) is 42.3 Å². The number of nitrogens with one attached hydrogen (secondary N) is 1. The van der Waals surface area contributed by atoms with Crippen molar-refractivity contribution >= 4 is 35.0 Å². The quantitative estimate of drug-likeness (QED) is 0.679. The van der Waals surface area contributed by atoms with Gasteiger partial charge in [-0.2, -0.15) is 5.10 Å². The summed E-state index contributed by atoms with van der Waals surface area (Å²) in [5.74, 6) is -0.897. The van der Waals surface area contributed by atoms with E-state index in [4.69, 9.17) is 12.2 Å². The fourth-order valence-corrected chi connectivity index (χ4v) is 2.36. The molecule has 1 N–H and O–H groups in total. The zero-order chi connectivity index (χ0) is 15.0. The van der Waals surface area contributed by atoms with Gasteiger partial charge in [0, 0.05) is 18.8 Å². The maximum absolute atomic E-state index is 13.8. The lowest BCUT2D eigenvalue weighted by Gasteiger charge is -2.14. The molecule has 0 bridgehead atoms. The van der Waals surface area contributed by atoms with Crippen molar-refractivity contribution in [1.29, 1.82) is 0 Å². The van der Waals surface area contributed by atoms with Crippen LogP contribution in [0.1, 0.15) is 5.56 Å². The second kappa shape index (κ2) is 5.10. The number of aromatic nitrogens is 2. The Kier molecular flexibility index (Phi) is 3.26. The third-order valence-corrected chi connectivity index (χ3v) is 3.29. The van der Waals surface area contributed by atoms with Crippen molar-refractivity contribution in [1.82, 2.24) is 15.1 Å². The normalized spacial score (nSPS) is 16.7. The van der Waals surface area contributed by atoms with Gasteiger partial charge in [0.15, 0.2) is 5.11 Å². The average molecular weight is 302 g/mol. The van der Waals surface area contributed by atoms with Crippen LogP contribution >= 0.6 is 12.2 Å². The van der Waals surface area contributed by atoms with Gasteiger partial charge in [0.25, 0.3) is 5.91 Å². The molecule has 0 atom stereocenters. The van der Waals surface area contributed by atoms with E-state index in [1.165, 1.54) is 12.1 Å². The minimum absolute atomic E-state index is 0.134. The molecule has 7 heteroatoms. The summed E-state index contributed by atoms with van der Waals surface area (Å²) in [6, 6.07) is 6.00. The molecule has 1 fully saturated rings. The molecule has 3 rings (SSSR count). The molecule has 0 radical (unpaired) electrons. The zero-order valence-electron chi connectivity index (χ0n) is 11.1. The summed E-state index contributed by atoms with van der Waals surface area (Å²) in [5, 5.41) is 6.98. The van der Waals surface area contributed by atoms with Crippen LogP contribution in [0.3, 0.4) is 0 Å². The van der Waals surface area contributed by atoms with Gasteiger partial charge in [0.2, 0.25) is 0 Å². The molecule has 0 spiro atoms. The van der Waals surface area contributed by atoms with Gasteiger partial charge in [0.1, 0.15) is 11.5 Å². The van der Waals surface area contributed by atoms with Crippen LogP contribution in [-0.4, -0.2) is 20.8 Å². The van der Waals surface area contributed by atoms with Crippen LogP contribution in [0.15, 0.2) is 42.4 Å². The largest absolute Gasteiger partial charge is 0.327 e. The van der Waals surface area contributed by atoms with E-state index in [1.807, 2.05) is 0 Å². The number of halogens is 1. The van der Waals surface area contributed by atoms with Crippen molar-refractivity contribution in [2.45, 2.75) is 0 Å². The maximum atomic E-state index is 13.8. The second-order valence-electron chi connectivity index (χ2n) is 4.53. The Morgan fingerprint density at radius 2 is 2.14 bits per heavy atom. The van der Waals surface area contributed by atoms with Crippen molar-refractivity contribution in [3.05, 3.63) is 53.7 Å². The molecule has 0 unspecified atom stereocenters. The van der Waals surface area contributed by atoms with Crippen LogP contribution in [0.5, 0.6) is 0 Å². The van der Waals surface area contributed by atoms with Crippen LogP contribution in [-0.2, 0) is 11.8 Å². The van der Waals surface area contributed by atoms with Gasteiger partial charge in [-0.15, -0.1) is 0 Å². The average Bonchev–Trinajstić information content (AvgIpc) is 2.96. The fraction of sp³-hybridized carbons (Fsp3) is 0.0714. The topological polar surface area (TPSA) is 50.2 Å². The monoisotopic (exact) mass is 302 g/mol. The third kappa shape index (κ3) is 2.43. The Hall–Kier alpha value is -2.54. The third-order valence-electron chi connectivity index (χ3n) is 3.01. The Morgan fingerprint density at radius 1 is 1.38 bits per heavy atom. The molecule has 1 amide bonds. The predicted molar refractivity (Wildman–Crippen MR) is 80.8 cm³/mol. The highest BCUT2D eigenvalue weighted by atomic mass is 32.1. The highest BCUT2D eigenvalue weighted by molar-refractivity contribution is 7.80. The molecule has 2 heterocycles. The number of benzene rings is 1. The minimum Gasteiger partial charge on any atom is -0.327 e. The molecule has 1 aromatic heterocycles. The molecular formula is C14H11FN4OS. The molecule has 0 saturated carbocycles. The summed E-state index contributed by atoms with van der Waals surface area (Å²) >= 11 is 5.12. The van der Waals surface area contributed by atoms with E-state index in [2.05, 4.69) is 10.4 Å². The van der Waals surface area contributed by atoms with Gasteiger partial charge in [-0.25, -0.2) is 9.29 Å². The number of carbonyl (C=O) groups excluding carboxylic acids is 1. The number of hydrogen-bond acceptors (Lipinski definition) is 3. The van der Waals surface area contributed by atoms with E-state index in [-0.39, 0.29) is 16.5 Å². The van der Waals surface area contributed by atoms with Crippen LogP contribution in [0, 0.1) is 5.82 Å². The number of anilines is 1. The van der Waals surface area contributed by atoms with Crippen molar-refractivity contribution in [2.75, 3.05) is 4.90 Å². The second-order valence-corrected chi connectivity index (χ2v) is 4.91. The minimum atomic E-state index is -0.502. The SMILES string of the molecule is Cn1cc(/C=C2/NC(=S)N(c3ccccc3F)C2=O)cn1. The van der Waals surface area contributed by atoms with Gasteiger partial charge in [0.05, 0.1) is 11.9 Å². The van der Waals surface area contributed by atoms with Crippen LogP contribution in [0.2, 0.25) is 0 Å². The van der Waals surface area contributed by atoms with Gasteiger partial charge >= 0.3 is 0 Å². The number of thiocarbonyl (C=S) groups is 1. The first-order valence-corrected chi connectivity index (χ1v) is 6.57. The molecule has 0 aliphatic carbocycles. The zero-order valence-corrected chi connectivity index (χ0v) is 11.9. The van der Waals surface area contributed by atoms with E-state index in [0.29, 0.717) is 0 Å².